The van der Waals surface area contributed by atoms with Gasteiger partial charge in [-0.2, -0.15) is 0 Å². The molecule has 1 saturated heterocycles. The van der Waals surface area contributed by atoms with Crippen LogP contribution in [0.15, 0.2) is 24.3 Å². The number of nitrogens with two attached hydrogens (primary N) is 1. The molecule has 7 nitrogen and oxygen atoms in total. The van der Waals surface area contributed by atoms with Gasteiger partial charge in [-0.15, -0.1) is 0 Å². The Bertz CT molecular complexity index is 920. The van der Waals surface area contributed by atoms with Crippen molar-refractivity contribution in [3.05, 3.63) is 35.8 Å². The minimum absolute atomic E-state index is 0.0306. The lowest BCUT2D eigenvalue weighted by atomic mass is 10.1. The molecule has 140 valence electrons. The summed E-state index contributed by atoms with van der Waals surface area (Å²) < 4.78 is 42.8. The van der Waals surface area contributed by atoms with Crippen molar-refractivity contribution >= 4 is 21.3 Å². The Morgan fingerprint density at radius 3 is 2.77 bits per heavy atom. The number of nitrogens with zero attached hydrogens (tertiary/aromatic N) is 3. The number of halogens is 1. The number of hydrogen-bond donors (Lipinski definition) is 1. The zero-order valence-electron chi connectivity index (χ0n) is 14.6. The molecule has 1 aliphatic rings. The fourth-order valence-electron chi connectivity index (χ4n) is 2.84. The highest BCUT2D eigenvalue weighted by Gasteiger charge is 2.22. The predicted octanol–water partition coefficient (Wildman–Crippen LogP) is 1.63. The number of hydrogen-bond acceptors (Lipinski definition) is 7. The zero-order valence-corrected chi connectivity index (χ0v) is 15.5. The predicted molar refractivity (Wildman–Crippen MR) is 98.0 cm³/mol. The highest BCUT2D eigenvalue weighted by Crippen LogP contribution is 2.25. The lowest BCUT2D eigenvalue weighted by Crippen LogP contribution is -2.44. The molecule has 0 bridgehead atoms. The minimum atomic E-state index is -3.28. The van der Waals surface area contributed by atoms with Gasteiger partial charge < -0.3 is 15.4 Å². The summed E-state index contributed by atoms with van der Waals surface area (Å²) in [5.41, 5.74) is 6.36. The molecule has 2 heterocycles. The summed E-state index contributed by atoms with van der Waals surface area (Å²) in [5.74, 6) is 0.0763. The van der Waals surface area contributed by atoms with Crippen LogP contribution in [-0.2, 0) is 20.3 Å². The molecule has 0 unspecified atom stereocenters. The van der Waals surface area contributed by atoms with Gasteiger partial charge in [0.05, 0.1) is 36.4 Å². The van der Waals surface area contributed by atoms with Gasteiger partial charge in [-0.1, -0.05) is 0 Å². The van der Waals surface area contributed by atoms with Crippen molar-refractivity contribution in [2.75, 3.05) is 36.6 Å². The van der Waals surface area contributed by atoms with E-state index >= 15 is 0 Å². The Morgan fingerprint density at radius 2 is 2.12 bits per heavy atom. The Hall–Kier alpha value is -2.26. The van der Waals surface area contributed by atoms with Gasteiger partial charge in [0, 0.05) is 24.4 Å². The third-order valence-electron chi connectivity index (χ3n) is 4.10. The summed E-state index contributed by atoms with van der Waals surface area (Å²) in [6, 6.07) is 6.06. The second-order valence-corrected chi connectivity index (χ2v) is 8.60. The second-order valence-electron chi connectivity index (χ2n) is 6.46. The van der Waals surface area contributed by atoms with Crippen LogP contribution in [0.4, 0.5) is 15.9 Å². The fraction of sp³-hybridized carbons (Fsp3) is 0.412. The first-order chi connectivity index (χ1) is 12.2. The molecule has 2 aromatic rings. The minimum Gasteiger partial charge on any atom is -0.396 e. The third-order valence-corrected chi connectivity index (χ3v) is 4.92. The first kappa shape index (κ1) is 18.5. The monoisotopic (exact) mass is 380 g/mol. The normalized spacial score (nSPS) is 18.1. The molecule has 1 fully saturated rings. The van der Waals surface area contributed by atoms with Crippen LogP contribution in [0.5, 0.6) is 0 Å². The molecule has 0 radical (unpaired) electrons. The van der Waals surface area contributed by atoms with Gasteiger partial charge in [-0.05, 0) is 25.1 Å². The first-order valence-electron chi connectivity index (χ1n) is 8.18. The number of ether oxygens (including phenoxy) is 1. The molecular formula is C17H21FN4O3S. The van der Waals surface area contributed by atoms with E-state index in [0.29, 0.717) is 36.8 Å². The van der Waals surface area contributed by atoms with Crippen LogP contribution in [-0.4, -0.2) is 50.4 Å². The number of sulfone groups is 1. The van der Waals surface area contributed by atoms with Crippen LogP contribution < -0.4 is 10.6 Å². The van der Waals surface area contributed by atoms with Gasteiger partial charge in [0.25, 0.3) is 0 Å². The van der Waals surface area contributed by atoms with Crippen molar-refractivity contribution in [1.29, 1.82) is 0 Å². The first-order valence-corrected chi connectivity index (χ1v) is 10.2. The molecule has 26 heavy (non-hydrogen) atoms. The van der Waals surface area contributed by atoms with E-state index in [0.717, 1.165) is 6.26 Å². The van der Waals surface area contributed by atoms with E-state index in [2.05, 4.69) is 9.97 Å². The van der Waals surface area contributed by atoms with Crippen LogP contribution >= 0.6 is 0 Å². The van der Waals surface area contributed by atoms with E-state index in [9.17, 15) is 12.8 Å². The Morgan fingerprint density at radius 1 is 1.35 bits per heavy atom. The van der Waals surface area contributed by atoms with Crippen LogP contribution in [0.2, 0.25) is 0 Å². The Labute approximate surface area is 151 Å². The SMILES string of the molecule is C[C@H]1COCCN1c1cc(CS(C)(=O)=O)nc(-c2ccc(N)c(F)c2)n1. The third kappa shape index (κ3) is 4.28. The highest BCUT2D eigenvalue weighted by atomic mass is 32.2. The van der Waals surface area contributed by atoms with Gasteiger partial charge in [0.15, 0.2) is 15.7 Å². The van der Waals surface area contributed by atoms with E-state index in [-0.39, 0.29) is 23.3 Å². The van der Waals surface area contributed by atoms with E-state index in [1.165, 1.54) is 12.1 Å². The van der Waals surface area contributed by atoms with Crippen LogP contribution in [0.25, 0.3) is 11.4 Å². The highest BCUT2D eigenvalue weighted by molar-refractivity contribution is 7.89. The van der Waals surface area contributed by atoms with Gasteiger partial charge in [-0.25, -0.2) is 22.8 Å². The van der Waals surface area contributed by atoms with E-state index in [1.807, 2.05) is 11.8 Å². The van der Waals surface area contributed by atoms with E-state index in [1.54, 1.807) is 12.1 Å². The smallest absolute Gasteiger partial charge is 0.161 e. The van der Waals surface area contributed by atoms with Crippen molar-refractivity contribution < 1.29 is 17.5 Å². The van der Waals surface area contributed by atoms with Crippen LogP contribution in [0, 0.1) is 5.82 Å². The molecule has 1 atom stereocenters. The number of nitrogen functional groups attached to an aromatic ring is 1. The lowest BCUT2D eigenvalue weighted by molar-refractivity contribution is 0.0985. The largest absolute Gasteiger partial charge is 0.396 e. The molecule has 0 aliphatic carbocycles. The maximum Gasteiger partial charge on any atom is 0.161 e. The van der Waals surface area contributed by atoms with Gasteiger partial charge >= 0.3 is 0 Å². The van der Waals surface area contributed by atoms with Crippen molar-refractivity contribution in [1.82, 2.24) is 9.97 Å². The molecule has 1 aromatic carbocycles. The molecule has 0 saturated carbocycles. The number of benzene rings is 1. The van der Waals surface area contributed by atoms with Crippen molar-refractivity contribution in [3.63, 3.8) is 0 Å². The summed E-state index contributed by atoms with van der Waals surface area (Å²) in [4.78, 5) is 10.9. The number of aromatic nitrogens is 2. The van der Waals surface area contributed by atoms with Gasteiger partial charge in [-0.3, -0.25) is 0 Å². The molecule has 1 aliphatic heterocycles. The van der Waals surface area contributed by atoms with Crippen LogP contribution in [0.1, 0.15) is 12.6 Å². The average Bonchev–Trinajstić information content (AvgIpc) is 2.56. The average molecular weight is 380 g/mol. The van der Waals surface area contributed by atoms with E-state index in [4.69, 9.17) is 10.5 Å². The van der Waals surface area contributed by atoms with Gasteiger partial charge in [0.2, 0.25) is 0 Å². The van der Waals surface area contributed by atoms with Crippen LogP contribution in [0.3, 0.4) is 0 Å². The molecule has 3 rings (SSSR count). The standard InChI is InChI=1S/C17H21FN4O3S/c1-11-9-25-6-5-22(11)16-8-13(10-26(2,23)24)20-17(21-16)12-3-4-15(19)14(18)7-12/h3-4,7-8,11H,5-6,9-10,19H2,1-2H3/t11-/m0/s1. The number of anilines is 2. The summed E-state index contributed by atoms with van der Waals surface area (Å²) >= 11 is 0. The summed E-state index contributed by atoms with van der Waals surface area (Å²) in [6.07, 6.45) is 1.15. The topological polar surface area (TPSA) is 98.4 Å². The summed E-state index contributed by atoms with van der Waals surface area (Å²) in [5, 5.41) is 0. The van der Waals surface area contributed by atoms with E-state index < -0.39 is 15.7 Å². The Kier molecular flexibility index (Phi) is 5.10. The lowest BCUT2D eigenvalue weighted by Gasteiger charge is -2.34. The fourth-order valence-corrected chi connectivity index (χ4v) is 3.52. The molecule has 1 aromatic heterocycles. The molecule has 0 amide bonds. The summed E-state index contributed by atoms with van der Waals surface area (Å²) in [6.45, 7) is 3.74. The van der Waals surface area contributed by atoms with Crippen molar-refractivity contribution in [3.8, 4) is 11.4 Å². The molecular weight excluding hydrogens is 359 g/mol. The molecule has 2 N–H and O–H groups in total. The Balaban J connectivity index is 2.09. The zero-order chi connectivity index (χ0) is 18.9. The number of morpholine rings is 1. The maximum absolute atomic E-state index is 13.9. The number of rotatable bonds is 4. The second kappa shape index (κ2) is 7.16. The van der Waals surface area contributed by atoms with Crippen molar-refractivity contribution in [2.24, 2.45) is 0 Å². The molecule has 9 heteroatoms. The summed E-state index contributed by atoms with van der Waals surface area (Å²) in [7, 11) is -3.28. The van der Waals surface area contributed by atoms with Crippen molar-refractivity contribution in [2.45, 2.75) is 18.7 Å². The molecule has 0 spiro atoms. The quantitative estimate of drug-likeness (QED) is 0.805. The van der Waals surface area contributed by atoms with Gasteiger partial charge in [0.1, 0.15) is 11.6 Å². The maximum atomic E-state index is 13.9.